The van der Waals surface area contributed by atoms with Gasteiger partial charge in [-0.3, -0.25) is 0 Å². The number of halogens is 1. The van der Waals surface area contributed by atoms with Gasteiger partial charge in [-0.25, -0.2) is 0 Å². The third-order valence-electron chi connectivity index (χ3n) is 3.76. The minimum absolute atomic E-state index is 0.106. The van der Waals surface area contributed by atoms with Crippen LogP contribution in [0.2, 0.25) is 5.02 Å². The van der Waals surface area contributed by atoms with Gasteiger partial charge >= 0.3 is 0 Å². The largest absolute Gasteiger partial charge is 0.487 e. The lowest BCUT2D eigenvalue weighted by atomic mass is 9.90. The summed E-state index contributed by atoms with van der Waals surface area (Å²) in [6.45, 7) is 4.18. The Morgan fingerprint density at radius 3 is 2.78 bits per heavy atom. The van der Waals surface area contributed by atoms with Gasteiger partial charge in [-0.1, -0.05) is 35.9 Å². The van der Waals surface area contributed by atoms with Gasteiger partial charge < -0.3 is 15.4 Å². The zero-order valence-electron chi connectivity index (χ0n) is 13.1. The molecule has 1 aliphatic rings. The molecule has 1 atom stereocenters. The van der Waals surface area contributed by atoms with Crippen LogP contribution in [0.1, 0.15) is 31.9 Å². The van der Waals surface area contributed by atoms with Crippen molar-refractivity contribution in [3.8, 4) is 5.75 Å². The molecular formula is C18H19ClN2OS. The number of rotatable bonds is 2. The van der Waals surface area contributed by atoms with E-state index in [0.29, 0.717) is 10.1 Å². The van der Waals surface area contributed by atoms with E-state index in [1.807, 2.05) is 42.5 Å². The summed E-state index contributed by atoms with van der Waals surface area (Å²) in [4.78, 5) is 0. The molecular weight excluding hydrogens is 328 g/mol. The summed E-state index contributed by atoms with van der Waals surface area (Å²) in [6, 6.07) is 15.7. The molecule has 1 heterocycles. The van der Waals surface area contributed by atoms with E-state index in [9.17, 15) is 0 Å². The summed E-state index contributed by atoms with van der Waals surface area (Å²) in [5.74, 6) is 0.909. The summed E-state index contributed by atoms with van der Waals surface area (Å²) in [5, 5.41) is 7.83. The molecule has 0 spiro atoms. The quantitative estimate of drug-likeness (QED) is 0.755. The Balaban J connectivity index is 1.75. The number of fused-ring (bicyclic) bond motifs is 1. The van der Waals surface area contributed by atoms with Crippen LogP contribution in [-0.4, -0.2) is 10.7 Å². The zero-order chi connectivity index (χ0) is 16.4. The highest BCUT2D eigenvalue weighted by Gasteiger charge is 2.33. The van der Waals surface area contributed by atoms with Crippen molar-refractivity contribution < 1.29 is 4.74 Å². The van der Waals surface area contributed by atoms with E-state index in [2.05, 4.69) is 30.5 Å². The van der Waals surface area contributed by atoms with Crippen molar-refractivity contribution in [2.45, 2.75) is 31.9 Å². The van der Waals surface area contributed by atoms with Crippen molar-refractivity contribution in [1.82, 2.24) is 5.32 Å². The van der Waals surface area contributed by atoms with Crippen molar-refractivity contribution in [2.75, 3.05) is 5.32 Å². The Morgan fingerprint density at radius 2 is 2.00 bits per heavy atom. The van der Waals surface area contributed by atoms with Gasteiger partial charge in [0.2, 0.25) is 0 Å². The summed E-state index contributed by atoms with van der Waals surface area (Å²) in [7, 11) is 0. The van der Waals surface area contributed by atoms with E-state index in [4.69, 9.17) is 28.6 Å². The number of hydrogen-bond acceptors (Lipinski definition) is 2. The molecule has 0 aliphatic carbocycles. The fourth-order valence-electron chi connectivity index (χ4n) is 2.82. The van der Waals surface area contributed by atoms with Gasteiger partial charge in [-0.15, -0.1) is 0 Å². The molecule has 120 valence electrons. The van der Waals surface area contributed by atoms with Crippen LogP contribution in [0.15, 0.2) is 48.5 Å². The lowest BCUT2D eigenvalue weighted by Gasteiger charge is -2.38. The second kappa shape index (κ2) is 6.38. The van der Waals surface area contributed by atoms with Crippen molar-refractivity contribution in [1.29, 1.82) is 0 Å². The highest BCUT2D eigenvalue weighted by atomic mass is 35.5. The molecule has 2 aromatic rings. The first-order valence-electron chi connectivity index (χ1n) is 7.54. The molecule has 3 nitrogen and oxygen atoms in total. The number of para-hydroxylation sites is 1. The van der Waals surface area contributed by atoms with Crippen molar-refractivity contribution in [2.24, 2.45) is 0 Å². The minimum Gasteiger partial charge on any atom is -0.487 e. The number of benzene rings is 2. The third kappa shape index (κ3) is 3.95. The summed E-state index contributed by atoms with van der Waals surface area (Å²) in [6.07, 6.45) is 0.835. The van der Waals surface area contributed by atoms with Crippen molar-refractivity contribution in [3.05, 3.63) is 59.1 Å². The maximum absolute atomic E-state index is 6.04. The van der Waals surface area contributed by atoms with E-state index in [1.54, 1.807) is 0 Å². The molecule has 1 aliphatic heterocycles. The Hall–Kier alpha value is -1.78. The van der Waals surface area contributed by atoms with Gasteiger partial charge in [0.25, 0.3) is 0 Å². The molecule has 0 saturated carbocycles. The maximum atomic E-state index is 6.04. The fourth-order valence-corrected chi connectivity index (χ4v) is 3.27. The standard InChI is InChI=1S/C18H19ClN2OS/c1-18(2)11-15(14-8-3-4-9-16(14)22-18)21-17(23)20-13-7-5-6-12(19)10-13/h3-10,15H,11H2,1-2H3,(H2,20,21,23)/t15-/m1/s1. The van der Waals surface area contributed by atoms with E-state index in [-0.39, 0.29) is 11.6 Å². The van der Waals surface area contributed by atoms with Crippen LogP contribution in [0.3, 0.4) is 0 Å². The van der Waals surface area contributed by atoms with Crippen LogP contribution in [0, 0.1) is 0 Å². The topological polar surface area (TPSA) is 33.3 Å². The Labute approximate surface area is 147 Å². The predicted octanol–water partition coefficient (Wildman–Crippen LogP) is 4.93. The van der Waals surface area contributed by atoms with Gasteiger partial charge in [-0.05, 0) is 50.3 Å². The lowest BCUT2D eigenvalue weighted by Crippen LogP contribution is -2.42. The first-order valence-corrected chi connectivity index (χ1v) is 8.33. The van der Waals surface area contributed by atoms with E-state index >= 15 is 0 Å². The number of hydrogen-bond donors (Lipinski definition) is 2. The van der Waals surface area contributed by atoms with Gasteiger partial charge in [0, 0.05) is 22.7 Å². The molecule has 3 rings (SSSR count). The normalized spacial score (nSPS) is 18.5. The molecule has 0 amide bonds. The summed E-state index contributed by atoms with van der Waals surface area (Å²) < 4.78 is 6.04. The SMILES string of the molecule is CC1(C)C[C@@H](NC(=S)Nc2cccc(Cl)c2)c2ccccc2O1. The van der Waals surface area contributed by atoms with Crippen LogP contribution in [0.25, 0.3) is 0 Å². The molecule has 2 aromatic carbocycles. The molecule has 5 heteroatoms. The van der Waals surface area contributed by atoms with E-state index in [1.165, 1.54) is 0 Å². The van der Waals surface area contributed by atoms with Gasteiger partial charge in [0.1, 0.15) is 11.4 Å². The Kier molecular flexibility index (Phi) is 4.46. The average molecular weight is 347 g/mol. The summed E-state index contributed by atoms with van der Waals surface area (Å²) in [5.41, 5.74) is 1.76. The van der Waals surface area contributed by atoms with E-state index in [0.717, 1.165) is 23.4 Å². The first-order chi connectivity index (χ1) is 10.9. The molecule has 23 heavy (non-hydrogen) atoms. The molecule has 0 aromatic heterocycles. The predicted molar refractivity (Wildman–Crippen MR) is 99.3 cm³/mol. The lowest BCUT2D eigenvalue weighted by molar-refractivity contribution is 0.0697. The van der Waals surface area contributed by atoms with Gasteiger partial charge in [-0.2, -0.15) is 0 Å². The van der Waals surface area contributed by atoms with Crippen LogP contribution in [-0.2, 0) is 0 Å². The number of anilines is 1. The van der Waals surface area contributed by atoms with Crippen molar-refractivity contribution in [3.63, 3.8) is 0 Å². The first kappa shape index (κ1) is 16.1. The molecule has 0 radical (unpaired) electrons. The van der Waals surface area contributed by atoms with E-state index < -0.39 is 0 Å². The highest BCUT2D eigenvalue weighted by Crippen LogP contribution is 2.39. The number of nitrogens with one attached hydrogen (secondary N) is 2. The van der Waals surface area contributed by atoms with Crippen LogP contribution >= 0.6 is 23.8 Å². The second-order valence-electron chi connectivity index (χ2n) is 6.27. The number of ether oxygens (including phenoxy) is 1. The van der Waals surface area contributed by atoms with Crippen molar-refractivity contribution >= 4 is 34.6 Å². The maximum Gasteiger partial charge on any atom is 0.171 e. The Morgan fingerprint density at radius 1 is 1.22 bits per heavy atom. The number of thiocarbonyl (C=S) groups is 1. The average Bonchev–Trinajstić information content (AvgIpc) is 2.46. The minimum atomic E-state index is -0.238. The second-order valence-corrected chi connectivity index (χ2v) is 7.11. The third-order valence-corrected chi connectivity index (χ3v) is 4.22. The van der Waals surface area contributed by atoms with Crippen LogP contribution < -0.4 is 15.4 Å². The van der Waals surface area contributed by atoms with Gasteiger partial charge in [0.15, 0.2) is 5.11 Å². The monoisotopic (exact) mass is 346 g/mol. The smallest absolute Gasteiger partial charge is 0.171 e. The molecule has 0 unspecified atom stereocenters. The highest BCUT2D eigenvalue weighted by molar-refractivity contribution is 7.80. The van der Waals surface area contributed by atoms with Crippen LogP contribution in [0.5, 0.6) is 5.75 Å². The molecule has 0 bridgehead atoms. The van der Waals surface area contributed by atoms with Gasteiger partial charge in [0.05, 0.1) is 6.04 Å². The summed E-state index contributed by atoms with van der Waals surface area (Å²) >= 11 is 11.5. The fraction of sp³-hybridized carbons (Fsp3) is 0.278. The molecule has 0 saturated heterocycles. The Bertz CT molecular complexity index is 732. The molecule has 2 N–H and O–H groups in total. The zero-order valence-corrected chi connectivity index (χ0v) is 14.7. The van der Waals surface area contributed by atoms with Crippen LogP contribution in [0.4, 0.5) is 5.69 Å². The molecule has 0 fully saturated rings.